The van der Waals surface area contributed by atoms with Crippen molar-refractivity contribution in [3.8, 4) is 5.75 Å². The number of thioether (sulfide) groups is 1. The number of methoxy groups -OCH3 is 1. The molecule has 12 heteroatoms. The number of piperidine rings is 1. The van der Waals surface area contributed by atoms with Gasteiger partial charge in [-0.2, -0.15) is 0 Å². The number of aliphatic hydroxyl groups excluding tert-OH is 1. The standard InChI is InChI=1S/C32H38F3N3O5S/c1-42-23-2-3-27-24(18-23)29(21(19-36-27)20-38-10-13-43-14-11-38)28(39)4-5-32(31(40)41)6-8-37(9-7-32)12-15-44-30-25(34)16-22(33)17-26(30)35/h2-3,16-19,28,39H,4-15,20H2,1H3,(H,40,41)/t28-/m0/s1. The quantitative estimate of drug-likeness (QED) is 0.259. The zero-order valence-electron chi connectivity index (χ0n) is 24.7. The lowest BCUT2D eigenvalue weighted by Gasteiger charge is -2.39. The molecular weight excluding hydrogens is 595 g/mol. The Bertz CT molecular complexity index is 1440. The number of fused-ring (bicyclic) bond motifs is 1. The van der Waals surface area contributed by atoms with E-state index in [2.05, 4.69) is 14.8 Å². The lowest BCUT2D eigenvalue weighted by molar-refractivity contribution is -0.153. The molecule has 0 radical (unpaired) electrons. The highest BCUT2D eigenvalue weighted by Crippen LogP contribution is 2.41. The number of carbonyl (C=O) groups is 1. The Morgan fingerprint density at radius 2 is 1.80 bits per heavy atom. The second kappa shape index (κ2) is 14.5. The van der Waals surface area contributed by atoms with Gasteiger partial charge in [0.1, 0.15) is 23.2 Å². The van der Waals surface area contributed by atoms with Gasteiger partial charge in [-0.3, -0.25) is 14.7 Å². The first-order valence-electron chi connectivity index (χ1n) is 14.9. The summed E-state index contributed by atoms with van der Waals surface area (Å²) in [5.74, 6) is -2.67. The number of carboxylic acid groups (broad SMARTS) is 1. The largest absolute Gasteiger partial charge is 0.497 e. The fraction of sp³-hybridized carbons (Fsp3) is 0.500. The summed E-state index contributed by atoms with van der Waals surface area (Å²) in [5, 5.41) is 22.8. The summed E-state index contributed by atoms with van der Waals surface area (Å²) in [5.41, 5.74) is 1.37. The number of halogens is 3. The molecule has 8 nitrogen and oxygen atoms in total. The zero-order chi connectivity index (χ0) is 31.3. The van der Waals surface area contributed by atoms with Crippen LogP contribution in [0.5, 0.6) is 5.75 Å². The third-order valence-electron chi connectivity index (χ3n) is 8.81. The summed E-state index contributed by atoms with van der Waals surface area (Å²) >= 11 is 0.979. The number of hydrogen-bond donors (Lipinski definition) is 2. The number of nitrogens with zero attached hydrogens (tertiary/aromatic N) is 3. The predicted molar refractivity (Wildman–Crippen MR) is 161 cm³/mol. The highest BCUT2D eigenvalue weighted by atomic mass is 32.2. The Morgan fingerprint density at radius 3 is 2.45 bits per heavy atom. The maximum absolute atomic E-state index is 14.0. The van der Waals surface area contributed by atoms with Crippen LogP contribution in [0.4, 0.5) is 13.2 Å². The van der Waals surface area contributed by atoms with Crippen LogP contribution in [-0.2, 0) is 16.1 Å². The van der Waals surface area contributed by atoms with E-state index in [1.54, 1.807) is 13.3 Å². The molecule has 0 amide bonds. The summed E-state index contributed by atoms with van der Waals surface area (Å²) in [6, 6.07) is 6.88. The molecule has 3 aromatic rings. The number of morpholine rings is 1. The van der Waals surface area contributed by atoms with Crippen LogP contribution in [0.15, 0.2) is 41.4 Å². The van der Waals surface area contributed by atoms with Crippen molar-refractivity contribution in [1.29, 1.82) is 0 Å². The maximum atomic E-state index is 14.0. The minimum Gasteiger partial charge on any atom is -0.497 e. The van der Waals surface area contributed by atoms with Crippen molar-refractivity contribution in [2.75, 3.05) is 58.8 Å². The first kappa shape index (κ1) is 32.5. The molecule has 238 valence electrons. The lowest BCUT2D eigenvalue weighted by Crippen LogP contribution is -2.45. The van der Waals surface area contributed by atoms with Gasteiger partial charge in [0.05, 0.1) is 42.3 Å². The molecule has 2 N–H and O–H groups in total. The van der Waals surface area contributed by atoms with Crippen LogP contribution in [0.3, 0.4) is 0 Å². The Labute approximate surface area is 259 Å². The minimum atomic E-state index is -0.995. The summed E-state index contributed by atoms with van der Waals surface area (Å²) < 4.78 is 52.1. The second-order valence-corrected chi connectivity index (χ2v) is 12.6. The molecule has 0 aliphatic carbocycles. The van der Waals surface area contributed by atoms with Crippen molar-refractivity contribution in [2.24, 2.45) is 5.41 Å². The molecule has 1 atom stereocenters. The van der Waals surface area contributed by atoms with Gasteiger partial charge in [-0.25, -0.2) is 13.2 Å². The van der Waals surface area contributed by atoms with Crippen molar-refractivity contribution in [2.45, 2.75) is 43.2 Å². The van der Waals surface area contributed by atoms with E-state index in [0.29, 0.717) is 82.3 Å². The van der Waals surface area contributed by atoms with E-state index in [-0.39, 0.29) is 11.3 Å². The van der Waals surface area contributed by atoms with Crippen molar-refractivity contribution in [1.82, 2.24) is 14.8 Å². The van der Waals surface area contributed by atoms with Crippen LogP contribution in [0.2, 0.25) is 0 Å². The fourth-order valence-electron chi connectivity index (χ4n) is 6.16. The summed E-state index contributed by atoms with van der Waals surface area (Å²) in [4.78, 5) is 21.4. The van der Waals surface area contributed by atoms with E-state index in [9.17, 15) is 28.2 Å². The van der Waals surface area contributed by atoms with Crippen molar-refractivity contribution >= 4 is 28.6 Å². The molecule has 2 fully saturated rings. The van der Waals surface area contributed by atoms with Gasteiger partial charge >= 0.3 is 5.97 Å². The van der Waals surface area contributed by atoms with Gasteiger partial charge in [0.25, 0.3) is 0 Å². The molecule has 0 unspecified atom stereocenters. The third kappa shape index (κ3) is 7.48. The first-order valence-corrected chi connectivity index (χ1v) is 15.8. The van der Waals surface area contributed by atoms with E-state index in [1.807, 2.05) is 18.2 Å². The van der Waals surface area contributed by atoms with Gasteiger partial charge in [0.2, 0.25) is 0 Å². The molecule has 2 saturated heterocycles. The molecular formula is C32H38F3N3O5S. The molecule has 0 bridgehead atoms. The smallest absolute Gasteiger partial charge is 0.309 e. The van der Waals surface area contributed by atoms with Gasteiger partial charge in [-0.05, 0) is 68.1 Å². The number of pyridine rings is 1. The Morgan fingerprint density at radius 1 is 1.09 bits per heavy atom. The van der Waals surface area contributed by atoms with Gasteiger partial charge < -0.3 is 24.6 Å². The molecule has 2 aromatic carbocycles. The molecule has 2 aliphatic heterocycles. The highest BCUT2D eigenvalue weighted by Gasteiger charge is 2.41. The van der Waals surface area contributed by atoms with Crippen LogP contribution < -0.4 is 4.74 Å². The molecule has 0 spiro atoms. The number of aromatic nitrogens is 1. The molecule has 3 heterocycles. The number of hydrogen-bond acceptors (Lipinski definition) is 8. The van der Waals surface area contributed by atoms with Gasteiger partial charge in [0, 0.05) is 55.6 Å². The third-order valence-corrected chi connectivity index (χ3v) is 9.88. The monoisotopic (exact) mass is 633 g/mol. The Kier molecular flexibility index (Phi) is 10.7. The van der Waals surface area contributed by atoms with Crippen molar-refractivity contribution in [3.63, 3.8) is 0 Å². The molecule has 5 rings (SSSR count). The molecule has 44 heavy (non-hydrogen) atoms. The maximum Gasteiger partial charge on any atom is 0.309 e. The van der Waals surface area contributed by atoms with Crippen LogP contribution in [0.1, 0.15) is 42.9 Å². The Hall–Kier alpha value is -2.90. The zero-order valence-corrected chi connectivity index (χ0v) is 25.6. The van der Waals surface area contributed by atoms with Crippen LogP contribution >= 0.6 is 11.8 Å². The van der Waals surface area contributed by atoms with E-state index in [1.165, 1.54) is 0 Å². The SMILES string of the molecule is COc1ccc2ncc(CN3CCOCC3)c([C@@H](O)CCC3(C(=O)O)CCN(CCSc4c(F)cc(F)cc4F)CC3)c2c1. The molecule has 1 aromatic heterocycles. The fourth-order valence-corrected chi connectivity index (χ4v) is 7.10. The van der Waals surface area contributed by atoms with Gasteiger partial charge in [-0.15, -0.1) is 11.8 Å². The van der Waals surface area contributed by atoms with Crippen LogP contribution in [0, 0.1) is 22.9 Å². The number of aliphatic hydroxyl groups is 1. The van der Waals surface area contributed by atoms with E-state index < -0.39 is 34.9 Å². The number of likely N-dealkylation sites (tertiary alicyclic amines) is 1. The van der Waals surface area contributed by atoms with Crippen LogP contribution in [0.25, 0.3) is 10.9 Å². The van der Waals surface area contributed by atoms with E-state index >= 15 is 0 Å². The molecule has 2 aliphatic rings. The lowest BCUT2D eigenvalue weighted by atomic mass is 9.74. The van der Waals surface area contributed by atoms with Gasteiger partial charge in [0.15, 0.2) is 0 Å². The molecule has 0 saturated carbocycles. The predicted octanol–water partition coefficient (Wildman–Crippen LogP) is 5.27. The van der Waals surface area contributed by atoms with Crippen molar-refractivity contribution < 1.29 is 37.7 Å². The van der Waals surface area contributed by atoms with Crippen LogP contribution in [-0.4, -0.2) is 89.8 Å². The second-order valence-electron chi connectivity index (χ2n) is 11.5. The topological polar surface area (TPSA) is 95.4 Å². The number of carboxylic acids is 1. The number of aliphatic carboxylic acids is 1. The first-order chi connectivity index (χ1) is 21.2. The number of benzene rings is 2. The minimum absolute atomic E-state index is 0.216. The number of ether oxygens (including phenoxy) is 2. The highest BCUT2D eigenvalue weighted by molar-refractivity contribution is 7.99. The van der Waals surface area contributed by atoms with Gasteiger partial charge in [-0.1, -0.05) is 0 Å². The summed E-state index contributed by atoms with van der Waals surface area (Å²) in [7, 11) is 1.59. The average molecular weight is 634 g/mol. The van der Waals surface area contributed by atoms with E-state index in [4.69, 9.17) is 9.47 Å². The Balaban J connectivity index is 1.25. The summed E-state index contributed by atoms with van der Waals surface area (Å²) in [6.07, 6.45) is 2.24. The summed E-state index contributed by atoms with van der Waals surface area (Å²) in [6.45, 7) is 4.96. The van der Waals surface area contributed by atoms with Crippen molar-refractivity contribution in [3.05, 3.63) is 65.1 Å². The average Bonchev–Trinajstić information content (AvgIpc) is 3.01. The normalized spacial score (nSPS) is 18.4. The van der Waals surface area contributed by atoms with E-state index in [0.717, 1.165) is 46.9 Å². The number of rotatable bonds is 12.